The zero-order chi connectivity index (χ0) is 23.7. The van der Waals surface area contributed by atoms with Gasteiger partial charge in [-0.25, -0.2) is 4.39 Å². The standard InChI is InChI=1S/C21H17BrF3N3O5/c22-11-1-3-15-13(7-11)20(31)28-6-5-27(9-16(28)19(30)26-15)18(29)10-32-17-4-2-12(8-14(17)23)33-21(24)25/h1-4,7-8,16,21H,5-6,9-10H2,(H,26,30). The van der Waals surface area contributed by atoms with Gasteiger partial charge in [-0.3, -0.25) is 14.4 Å². The minimum atomic E-state index is -3.10. The van der Waals surface area contributed by atoms with E-state index in [0.29, 0.717) is 15.7 Å². The number of ether oxygens (including phenoxy) is 2. The number of hydrogen-bond acceptors (Lipinski definition) is 5. The van der Waals surface area contributed by atoms with E-state index in [2.05, 4.69) is 26.0 Å². The van der Waals surface area contributed by atoms with Crippen molar-refractivity contribution in [1.29, 1.82) is 0 Å². The molecule has 0 aromatic heterocycles. The Morgan fingerprint density at radius 1 is 1.18 bits per heavy atom. The number of halogens is 4. The summed E-state index contributed by atoms with van der Waals surface area (Å²) in [5, 5.41) is 2.72. The molecule has 0 saturated carbocycles. The van der Waals surface area contributed by atoms with Crippen LogP contribution in [0.5, 0.6) is 11.5 Å². The van der Waals surface area contributed by atoms with Crippen molar-refractivity contribution >= 4 is 39.3 Å². The number of piperazine rings is 1. The first-order valence-corrected chi connectivity index (χ1v) is 10.6. The van der Waals surface area contributed by atoms with Crippen molar-refractivity contribution in [2.45, 2.75) is 12.7 Å². The number of nitrogens with zero attached hydrogens (tertiary/aromatic N) is 2. The summed E-state index contributed by atoms with van der Waals surface area (Å²) >= 11 is 3.31. The number of carbonyl (C=O) groups is 3. The lowest BCUT2D eigenvalue weighted by molar-refractivity contribution is -0.137. The van der Waals surface area contributed by atoms with Crippen LogP contribution in [0.2, 0.25) is 0 Å². The Kier molecular flexibility index (Phi) is 6.45. The molecule has 2 heterocycles. The Balaban J connectivity index is 1.41. The summed E-state index contributed by atoms with van der Waals surface area (Å²) < 4.78 is 48.5. The highest BCUT2D eigenvalue weighted by atomic mass is 79.9. The minimum Gasteiger partial charge on any atom is -0.481 e. The van der Waals surface area contributed by atoms with E-state index in [4.69, 9.17) is 4.74 Å². The number of benzene rings is 2. The summed E-state index contributed by atoms with van der Waals surface area (Å²) in [5.74, 6) is -2.94. The predicted octanol–water partition coefficient (Wildman–Crippen LogP) is 2.87. The molecule has 174 valence electrons. The molecule has 0 radical (unpaired) electrons. The first-order chi connectivity index (χ1) is 15.7. The van der Waals surface area contributed by atoms with Crippen LogP contribution < -0.4 is 14.8 Å². The highest BCUT2D eigenvalue weighted by Crippen LogP contribution is 2.28. The van der Waals surface area contributed by atoms with E-state index in [9.17, 15) is 27.6 Å². The number of nitrogens with one attached hydrogen (secondary N) is 1. The van der Waals surface area contributed by atoms with Crippen molar-refractivity contribution in [2.75, 3.05) is 31.6 Å². The first kappa shape index (κ1) is 22.9. The summed E-state index contributed by atoms with van der Waals surface area (Å²) in [4.78, 5) is 41.1. The average molecular weight is 528 g/mol. The van der Waals surface area contributed by atoms with Crippen molar-refractivity contribution in [1.82, 2.24) is 9.80 Å². The maximum absolute atomic E-state index is 14.0. The Morgan fingerprint density at radius 2 is 1.97 bits per heavy atom. The van der Waals surface area contributed by atoms with Gasteiger partial charge in [0, 0.05) is 23.6 Å². The van der Waals surface area contributed by atoms with Gasteiger partial charge in [0.1, 0.15) is 11.8 Å². The molecule has 12 heteroatoms. The van der Waals surface area contributed by atoms with Crippen molar-refractivity contribution in [3.8, 4) is 11.5 Å². The van der Waals surface area contributed by atoms with Gasteiger partial charge < -0.3 is 24.6 Å². The molecule has 2 aliphatic heterocycles. The van der Waals surface area contributed by atoms with Gasteiger partial charge in [-0.15, -0.1) is 0 Å². The second-order valence-electron chi connectivity index (χ2n) is 7.29. The number of anilines is 1. The van der Waals surface area contributed by atoms with Crippen LogP contribution in [0, 0.1) is 5.82 Å². The van der Waals surface area contributed by atoms with Crippen LogP contribution in [0.4, 0.5) is 18.9 Å². The Morgan fingerprint density at radius 3 is 2.70 bits per heavy atom. The number of amides is 3. The van der Waals surface area contributed by atoms with Gasteiger partial charge in [0.05, 0.1) is 17.8 Å². The number of rotatable bonds is 5. The number of fused-ring (bicyclic) bond motifs is 2. The van der Waals surface area contributed by atoms with Crippen molar-refractivity contribution in [3.63, 3.8) is 0 Å². The first-order valence-electron chi connectivity index (χ1n) is 9.79. The number of alkyl halides is 2. The van der Waals surface area contributed by atoms with Crippen LogP contribution in [0.15, 0.2) is 40.9 Å². The van der Waals surface area contributed by atoms with E-state index >= 15 is 0 Å². The highest BCUT2D eigenvalue weighted by Gasteiger charge is 2.40. The largest absolute Gasteiger partial charge is 0.481 e. The summed E-state index contributed by atoms with van der Waals surface area (Å²) in [6, 6.07) is 6.94. The molecule has 2 aromatic rings. The Labute approximate surface area is 194 Å². The van der Waals surface area contributed by atoms with Gasteiger partial charge in [-0.2, -0.15) is 8.78 Å². The molecule has 1 atom stereocenters. The number of hydrogen-bond donors (Lipinski definition) is 1. The second-order valence-corrected chi connectivity index (χ2v) is 8.21. The third-order valence-electron chi connectivity index (χ3n) is 5.25. The molecule has 0 bridgehead atoms. The van der Waals surface area contributed by atoms with Gasteiger partial charge >= 0.3 is 6.61 Å². The van der Waals surface area contributed by atoms with E-state index in [-0.39, 0.29) is 37.0 Å². The molecule has 1 unspecified atom stereocenters. The molecular weight excluding hydrogens is 511 g/mol. The minimum absolute atomic E-state index is 0.0570. The monoisotopic (exact) mass is 527 g/mol. The molecular formula is C21H17BrF3N3O5. The average Bonchev–Trinajstić information content (AvgIpc) is 2.87. The zero-order valence-electron chi connectivity index (χ0n) is 16.9. The maximum atomic E-state index is 14.0. The highest BCUT2D eigenvalue weighted by molar-refractivity contribution is 9.10. The van der Waals surface area contributed by atoms with Gasteiger partial charge in [-0.1, -0.05) is 15.9 Å². The molecule has 0 spiro atoms. The SMILES string of the molecule is O=C1Nc2ccc(Br)cc2C(=O)N2CCN(C(=O)COc3ccc(OC(F)F)cc3F)CC12. The number of carbonyl (C=O) groups excluding carboxylic acids is 3. The summed E-state index contributed by atoms with van der Waals surface area (Å²) in [6.45, 7) is -3.41. The molecule has 1 saturated heterocycles. The molecule has 0 aliphatic carbocycles. The van der Waals surface area contributed by atoms with E-state index in [1.165, 1.54) is 9.80 Å². The fourth-order valence-corrected chi connectivity index (χ4v) is 4.02. The van der Waals surface area contributed by atoms with Crippen LogP contribution in [0.25, 0.3) is 0 Å². The molecule has 2 aromatic carbocycles. The van der Waals surface area contributed by atoms with Gasteiger partial charge in [-0.05, 0) is 30.3 Å². The van der Waals surface area contributed by atoms with Gasteiger partial charge in [0.25, 0.3) is 11.8 Å². The zero-order valence-corrected chi connectivity index (χ0v) is 18.5. The van der Waals surface area contributed by atoms with Crippen LogP contribution in [-0.4, -0.2) is 66.4 Å². The molecule has 33 heavy (non-hydrogen) atoms. The summed E-state index contributed by atoms with van der Waals surface area (Å²) in [7, 11) is 0. The van der Waals surface area contributed by atoms with E-state index in [1.807, 2.05) is 0 Å². The van der Waals surface area contributed by atoms with Gasteiger partial charge in [0.2, 0.25) is 5.91 Å². The van der Waals surface area contributed by atoms with E-state index in [1.54, 1.807) is 18.2 Å². The normalized spacial score (nSPS) is 17.8. The summed E-state index contributed by atoms with van der Waals surface area (Å²) in [6.07, 6.45) is 0. The van der Waals surface area contributed by atoms with Crippen LogP contribution in [0.1, 0.15) is 10.4 Å². The van der Waals surface area contributed by atoms with E-state index in [0.717, 1.165) is 18.2 Å². The van der Waals surface area contributed by atoms with Crippen molar-refractivity contribution in [3.05, 3.63) is 52.3 Å². The lowest BCUT2D eigenvalue weighted by Gasteiger charge is -2.39. The van der Waals surface area contributed by atoms with Crippen LogP contribution >= 0.6 is 15.9 Å². The Bertz CT molecular complexity index is 1120. The molecule has 4 rings (SSSR count). The van der Waals surface area contributed by atoms with E-state index < -0.39 is 36.9 Å². The molecule has 2 aliphatic rings. The third kappa shape index (κ3) is 4.90. The Hall–Kier alpha value is -3.28. The van der Waals surface area contributed by atoms with Crippen molar-refractivity contribution < 1.29 is 37.0 Å². The van der Waals surface area contributed by atoms with Crippen LogP contribution in [0.3, 0.4) is 0 Å². The molecule has 3 amide bonds. The predicted molar refractivity (Wildman–Crippen MR) is 113 cm³/mol. The lowest BCUT2D eigenvalue weighted by atomic mass is 10.1. The lowest BCUT2D eigenvalue weighted by Crippen LogP contribution is -2.60. The van der Waals surface area contributed by atoms with Crippen LogP contribution in [-0.2, 0) is 9.59 Å². The molecule has 1 fully saturated rings. The quantitative estimate of drug-likeness (QED) is 0.645. The third-order valence-corrected chi connectivity index (χ3v) is 5.74. The second kappa shape index (κ2) is 9.30. The fourth-order valence-electron chi connectivity index (χ4n) is 3.66. The maximum Gasteiger partial charge on any atom is 0.387 e. The summed E-state index contributed by atoms with van der Waals surface area (Å²) in [5.41, 5.74) is 0.733. The molecule has 1 N–H and O–H groups in total. The molecule has 8 nitrogen and oxygen atoms in total. The fraction of sp³-hybridized carbons (Fsp3) is 0.286. The van der Waals surface area contributed by atoms with Crippen molar-refractivity contribution in [2.24, 2.45) is 0 Å². The smallest absolute Gasteiger partial charge is 0.387 e. The van der Waals surface area contributed by atoms with Gasteiger partial charge in [0.15, 0.2) is 18.2 Å². The topological polar surface area (TPSA) is 88.2 Å².